The Morgan fingerprint density at radius 3 is 1.90 bits per heavy atom. The van der Waals surface area contributed by atoms with E-state index in [1.165, 1.54) is 63.6 Å². The summed E-state index contributed by atoms with van der Waals surface area (Å²) in [7, 11) is 0. The molecule has 2 nitrogen and oxygen atoms in total. The molecule has 0 amide bonds. The minimum atomic E-state index is 0.932. The molecule has 0 aliphatic rings. The van der Waals surface area contributed by atoms with Crippen molar-refractivity contribution in [3.63, 3.8) is 0 Å². The fourth-order valence-electron chi connectivity index (χ4n) is 7.91. The Morgan fingerprint density at radius 1 is 0.392 bits per heavy atom. The van der Waals surface area contributed by atoms with Crippen LogP contribution in [0.2, 0.25) is 0 Å². The summed E-state index contributed by atoms with van der Waals surface area (Å²) in [5.41, 5.74) is 7.70. The highest BCUT2D eigenvalue weighted by Gasteiger charge is 2.19. The quantitative estimate of drug-likeness (QED) is 0.186. The van der Waals surface area contributed by atoms with Crippen LogP contribution in [0.15, 0.2) is 180 Å². The SMILES string of the molecule is c1ccc2cc(-c3ccc(N(c4ccc5c(c4)sc4ccc6c7cc8ccccc8cc7oc6c45)c4cccc5ccccc45)cc3)ccc2c1. The lowest BCUT2D eigenvalue weighted by atomic mass is 10.0. The van der Waals surface area contributed by atoms with Crippen molar-refractivity contribution in [3.05, 3.63) is 176 Å². The van der Waals surface area contributed by atoms with Crippen LogP contribution in [0.5, 0.6) is 0 Å². The van der Waals surface area contributed by atoms with Crippen molar-refractivity contribution < 1.29 is 4.42 Å². The molecule has 0 bridgehead atoms. The third-order valence-corrected chi connectivity index (χ3v) is 11.5. The van der Waals surface area contributed by atoms with Gasteiger partial charge in [-0.3, -0.25) is 0 Å². The molecule has 0 aliphatic carbocycles. The molecule has 0 atom stereocenters. The largest absolute Gasteiger partial charge is 0.455 e. The molecule has 9 aromatic carbocycles. The van der Waals surface area contributed by atoms with Gasteiger partial charge in [0.15, 0.2) is 0 Å². The van der Waals surface area contributed by atoms with Gasteiger partial charge in [-0.15, -0.1) is 11.3 Å². The average molecular weight is 668 g/mol. The second kappa shape index (κ2) is 11.0. The fraction of sp³-hybridized carbons (Fsp3) is 0. The molecule has 238 valence electrons. The van der Waals surface area contributed by atoms with E-state index in [9.17, 15) is 0 Å². The van der Waals surface area contributed by atoms with E-state index in [1.807, 2.05) is 11.3 Å². The minimum Gasteiger partial charge on any atom is -0.455 e. The Balaban J connectivity index is 1.08. The maximum Gasteiger partial charge on any atom is 0.144 e. The zero-order chi connectivity index (χ0) is 33.5. The molecule has 0 unspecified atom stereocenters. The second-order valence-corrected chi connectivity index (χ2v) is 14.4. The number of anilines is 3. The fourth-order valence-corrected chi connectivity index (χ4v) is 9.05. The average Bonchev–Trinajstić information content (AvgIpc) is 3.74. The van der Waals surface area contributed by atoms with Crippen molar-refractivity contribution in [1.29, 1.82) is 0 Å². The second-order valence-electron chi connectivity index (χ2n) is 13.3. The molecule has 0 fully saturated rings. The summed E-state index contributed by atoms with van der Waals surface area (Å²) >= 11 is 1.83. The van der Waals surface area contributed by atoms with Crippen LogP contribution >= 0.6 is 11.3 Å². The first-order chi connectivity index (χ1) is 25.2. The van der Waals surface area contributed by atoms with E-state index in [-0.39, 0.29) is 0 Å². The summed E-state index contributed by atoms with van der Waals surface area (Å²) in [6.45, 7) is 0. The molecule has 51 heavy (non-hydrogen) atoms. The van der Waals surface area contributed by atoms with Gasteiger partial charge in [-0.1, -0.05) is 115 Å². The highest BCUT2D eigenvalue weighted by atomic mass is 32.1. The van der Waals surface area contributed by atoms with Gasteiger partial charge < -0.3 is 9.32 Å². The number of thiophene rings is 1. The molecule has 3 heteroatoms. The highest BCUT2D eigenvalue weighted by molar-refractivity contribution is 7.26. The summed E-state index contributed by atoms with van der Waals surface area (Å²) in [5.74, 6) is 0. The van der Waals surface area contributed by atoms with Crippen molar-refractivity contribution in [2.75, 3.05) is 4.90 Å². The predicted molar refractivity (Wildman–Crippen MR) is 219 cm³/mol. The Morgan fingerprint density at radius 2 is 1.06 bits per heavy atom. The van der Waals surface area contributed by atoms with Gasteiger partial charge in [0.25, 0.3) is 0 Å². The molecule has 0 N–H and O–H groups in total. The molecule has 2 heterocycles. The van der Waals surface area contributed by atoms with Crippen molar-refractivity contribution in [2.45, 2.75) is 0 Å². The normalized spacial score (nSPS) is 11.9. The number of hydrogen-bond donors (Lipinski definition) is 0. The zero-order valence-electron chi connectivity index (χ0n) is 27.5. The van der Waals surface area contributed by atoms with Crippen LogP contribution in [0.4, 0.5) is 17.1 Å². The van der Waals surface area contributed by atoms with Crippen molar-refractivity contribution in [2.24, 2.45) is 0 Å². The number of furan rings is 1. The van der Waals surface area contributed by atoms with Crippen LogP contribution in [0.3, 0.4) is 0 Å². The van der Waals surface area contributed by atoms with Crippen LogP contribution in [-0.2, 0) is 0 Å². The Bertz CT molecular complexity index is 3140. The molecule has 0 radical (unpaired) electrons. The van der Waals surface area contributed by atoms with E-state index >= 15 is 0 Å². The Hall–Kier alpha value is -6.42. The number of nitrogens with zero attached hydrogens (tertiary/aromatic N) is 1. The van der Waals surface area contributed by atoms with Crippen LogP contribution in [-0.4, -0.2) is 0 Å². The van der Waals surface area contributed by atoms with Gasteiger partial charge in [0, 0.05) is 47.7 Å². The van der Waals surface area contributed by atoms with Gasteiger partial charge in [-0.2, -0.15) is 0 Å². The van der Waals surface area contributed by atoms with Crippen LogP contribution in [0, 0.1) is 0 Å². The van der Waals surface area contributed by atoms with E-state index in [0.29, 0.717) is 0 Å². The molecule has 0 aliphatic heterocycles. The third-order valence-electron chi connectivity index (χ3n) is 10.4. The number of rotatable bonds is 4. The van der Waals surface area contributed by atoms with Gasteiger partial charge in [-0.05, 0) is 98.7 Å². The van der Waals surface area contributed by atoms with Crippen LogP contribution < -0.4 is 4.90 Å². The predicted octanol–water partition coefficient (Wildman–Crippen LogP) is 14.6. The monoisotopic (exact) mass is 667 g/mol. The minimum absolute atomic E-state index is 0.932. The molecule has 0 saturated heterocycles. The van der Waals surface area contributed by atoms with Gasteiger partial charge >= 0.3 is 0 Å². The van der Waals surface area contributed by atoms with E-state index in [0.717, 1.165) is 39.0 Å². The van der Waals surface area contributed by atoms with Gasteiger partial charge in [0.1, 0.15) is 11.2 Å². The first kappa shape index (κ1) is 28.4. The van der Waals surface area contributed by atoms with E-state index < -0.39 is 0 Å². The van der Waals surface area contributed by atoms with Crippen LogP contribution in [0.1, 0.15) is 0 Å². The Kier molecular flexibility index (Phi) is 6.16. The molecule has 11 rings (SSSR count). The first-order valence-corrected chi connectivity index (χ1v) is 18.1. The highest BCUT2D eigenvalue weighted by Crippen LogP contribution is 2.46. The lowest BCUT2D eigenvalue weighted by Gasteiger charge is -2.27. The molecular formula is C48H29NOS. The molecular weight excluding hydrogens is 639 g/mol. The first-order valence-electron chi connectivity index (χ1n) is 17.3. The Labute approximate surface area is 298 Å². The zero-order valence-corrected chi connectivity index (χ0v) is 28.3. The molecule has 2 aromatic heterocycles. The number of hydrogen-bond acceptors (Lipinski definition) is 3. The maximum atomic E-state index is 6.67. The smallest absolute Gasteiger partial charge is 0.144 e. The number of benzene rings is 9. The summed E-state index contributed by atoms with van der Waals surface area (Å²) in [5, 5.41) is 12.1. The van der Waals surface area contributed by atoms with Gasteiger partial charge in [0.05, 0.1) is 5.69 Å². The van der Waals surface area contributed by atoms with Crippen molar-refractivity contribution in [1.82, 2.24) is 0 Å². The van der Waals surface area contributed by atoms with Crippen LogP contribution in [0.25, 0.3) is 85.6 Å². The van der Waals surface area contributed by atoms with E-state index in [4.69, 9.17) is 4.42 Å². The lowest BCUT2D eigenvalue weighted by Crippen LogP contribution is -2.10. The van der Waals surface area contributed by atoms with Crippen molar-refractivity contribution >= 4 is 103 Å². The standard InChI is InChI=1S/C48H29NOS/c1-2-10-33-26-36(17-16-30(33)8-1)31-18-20-37(21-19-31)49(43-15-7-13-32-9-5-6-14-39(32)43)38-22-23-41-46(29-38)51-45-25-24-40-42-27-34-11-3-4-12-35(34)28-44(42)50-48(40)47(41)45/h1-29H. The molecule has 11 aromatic rings. The van der Waals surface area contributed by atoms with Crippen molar-refractivity contribution in [3.8, 4) is 11.1 Å². The van der Waals surface area contributed by atoms with Gasteiger partial charge in [-0.25, -0.2) is 0 Å². The summed E-state index contributed by atoms with van der Waals surface area (Å²) in [4.78, 5) is 2.40. The molecule has 0 saturated carbocycles. The summed E-state index contributed by atoms with van der Waals surface area (Å²) in [6, 6.07) is 63.8. The van der Waals surface area contributed by atoms with E-state index in [1.54, 1.807) is 0 Å². The molecule has 0 spiro atoms. The third kappa shape index (κ3) is 4.49. The lowest BCUT2D eigenvalue weighted by molar-refractivity contribution is 0.673. The van der Waals surface area contributed by atoms with E-state index in [2.05, 4.69) is 181 Å². The maximum absolute atomic E-state index is 6.67. The summed E-state index contributed by atoms with van der Waals surface area (Å²) in [6.07, 6.45) is 0. The number of fused-ring (bicyclic) bond motifs is 10. The van der Waals surface area contributed by atoms with Gasteiger partial charge in [0.2, 0.25) is 0 Å². The summed E-state index contributed by atoms with van der Waals surface area (Å²) < 4.78 is 9.14. The topological polar surface area (TPSA) is 16.4 Å².